The molecule has 3 N–H and O–H groups in total. The summed E-state index contributed by atoms with van der Waals surface area (Å²) in [6.07, 6.45) is 63.8. The number of phosphoric acid groups is 2. The van der Waals surface area contributed by atoms with Crippen molar-refractivity contribution in [2.45, 2.75) is 445 Å². The van der Waals surface area contributed by atoms with Crippen molar-refractivity contribution in [3.05, 3.63) is 0 Å². The van der Waals surface area contributed by atoms with E-state index in [-0.39, 0.29) is 25.7 Å². The van der Waals surface area contributed by atoms with Crippen LogP contribution in [0.1, 0.15) is 426 Å². The van der Waals surface area contributed by atoms with Crippen LogP contribution >= 0.6 is 15.6 Å². The van der Waals surface area contributed by atoms with Crippen LogP contribution in [-0.4, -0.2) is 96.7 Å². The Morgan fingerprint density at radius 1 is 0.273 bits per heavy atom. The van der Waals surface area contributed by atoms with E-state index in [0.29, 0.717) is 25.7 Å². The second kappa shape index (κ2) is 73.0. The molecule has 17 nitrogen and oxygen atoms in total. The molecule has 0 aromatic heterocycles. The van der Waals surface area contributed by atoms with Crippen molar-refractivity contribution < 1.29 is 80.2 Å². The molecule has 0 aliphatic carbocycles. The Bertz CT molecular complexity index is 1890. The Labute approximate surface area is 607 Å². The lowest BCUT2D eigenvalue weighted by Crippen LogP contribution is -2.30. The van der Waals surface area contributed by atoms with Gasteiger partial charge >= 0.3 is 39.5 Å². The Balaban J connectivity index is 5.22. The fraction of sp³-hybridized carbons (Fsp3) is 0.950. The van der Waals surface area contributed by atoms with Crippen molar-refractivity contribution in [3.8, 4) is 0 Å². The lowest BCUT2D eigenvalue weighted by atomic mass is 10.0. The lowest BCUT2D eigenvalue weighted by Gasteiger charge is -2.21. The maximum Gasteiger partial charge on any atom is 0.472 e. The van der Waals surface area contributed by atoms with Crippen LogP contribution in [0.4, 0.5) is 0 Å². The zero-order valence-corrected chi connectivity index (χ0v) is 66.4. The smallest absolute Gasteiger partial charge is 0.462 e. The minimum atomic E-state index is -4.96. The van der Waals surface area contributed by atoms with Crippen LogP contribution in [0, 0.1) is 5.92 Å². The number of carbonyl (C=O) groups excluding carboxylic acids is 4. The van der Waals surface area contributed by atoms with E-state index >= 15 is 0 Å². The second-order valence-electron chi connectivity index (χ2n) is 29.3. The molecule has 0 saturated heterocycles. The molecule has 0 aromatic carbocycles. The standard InChI is InChI=1S/C80H156O17P2/c1-6-9-12-15-18-21-24-27-28-29-30-31-32-33-34-36-39-46-51-56-61-66-80(85)97-76(70-91-78(83)64-59-54-49-44-41-40-42-47-52-57-62-73(4)5)72-95-99(88,89)93-68-74(81)67-92-98(86,87)94-71-75(69-90-77(82)63-58-53-48-43-37-26-23-20-17-14-11-8-3)96-79(84)65-60-55-50-45-38-35-25-22-19-16-13-10-7-2/h73-76,81H,6-72H2,1-5H3,(H,86,87)(H,88,89)/t74-,75+,76+/m0/s1. The molecular formula is C80H156O17P2. The molecule has 0 spiro atoms. The van der Waals surface area contributed by atoms with E-state index in [4.69, 9.17) is 37.0 Å². The van der Waals surface area contributed by atoms with E-state index in [1.807, 2.05) is 0 Å². The van der Waals surface area contributed by atoms with Crippen molar-refractivity contribution in [1.29, 1.82) is 0 Å². The van der Waals surface area contributed by atoms with Crippen LogP contribution < -0.4 is 0 Å². The van der Waals surface area contributed by atoms with Gasteiger partial charge in [-0.3, -0.25) is 37.3 Å². The Kier molecular flexibility index (Phi) is 71.6. The third-order valence-electron chi connectivity index (χ3n) is 18.8. The van der Waals surface area contributed by atoms with Crippen molar-refractivity contribution >= 4 is 39.5 Å². The quantitative estimate of drug-likeness (QED) is 0.0222. The fourth-order valence-electron chi connectivity index (χ4n) is 12.4. The van der Waals surface area contributed by atoms with Gasteiger partial charge in [-0.25, -0.2) is 9.13 Å². The highest BCUT2D eigenvalue weighted by Crippen LogP contribution is 2.45. The largest absolute Gasteiger partial charge is 0.472 e. The summed E-state index contributed by atoms with van der Waals surface area (Å²) >= 11 is 0. The van der Waals surface area contributed by atoms with E-state index in [2.05, 4.69) is 34.6 Å². The SMILES string of the molecule is CCCCCCCCCCCCCCCCCCCCCCCC(=O)O[C@H](COC(=O)CCCCCCCCCCCCC(C)C)COP(=O)(O)OC[C@@H](O)COP(=O)(O)OC[C@@H](COC(=O)CCCCCCCCCCCCCC)OC(=O)CCCCCCCCCCCCCCC. The monoisotopic (exact) mass is 1450 g/mol. The number of hydrogen-bond acceptors (Lipinski definition) is 15. The maximum atomic E-state index is 13.1. The first-order valence-electron chi connectivity index (χ1n) is 41.6. The zero-order valence-electron chi connectivity index (χ0n) is 64.6. The van der Waals surface area contributed by atoms with Gasteiger partial charge in [0.25, 0.3) is 0 Å². The molecule has 588 valence electrons. The highest BCUT2D eigenvalue weighted by molar-refractivity contribution is 7.47. The van der Waals surface area contributed by atoms with Gasteiger partial charge in [-0.15, -0.1) is 0 Å². The number of carbonyl (C=O) groups is 4. The topological polar surface area (TPSA) is 237 Å². The summed E-state index contributed by atoms with van der Waals surface area (Å²) in [5.74, 6) is -1.35. The van der Waals surface area contributed by atoms with Crippen LogP contribution in [-0.2, 0) is 65.4 Å². The van der Waals surface area contributed by atoms with E-state index in [1.165, 1.54) is 250 Å². The number of phosphoric ester groups is 2. The second-order valence-corrected chi connectivity index (χ2v) is 32.2. The summed E-state index contributed by atoms with van der Waals surface area (Å²) < 4.78 is 68.7. The Hall–Kier alpha value is -1.94. The third-order valence-corrected chi connectivity index (χ3v) is 20.7. The van der Waals surface area contributed by atoms with E-state index in [0.717, 1.165) is 95.8 Å². The van der Waals surface area contributed by atoms with Crippen molar-refractivity contribution in [3.63, 3.8) is 0 Å². The first-order valence-corrected chi connectivity index (χ1v) is 44.6. The molecule has 2 unspecified atom stereocenters. The van der Waals surface area contributed by atoms with E-state index in [1.54, 1.807) is 0 Å². The lowest BCUT2D eigenvalue weighted by molar-refractivity contribution is -0.161. The number of hydrogen-bond donors (Lipinski definition) is 3. The van der Waals surface area contributed by atoms with E-state index in [9.17, 15) is 43.2 Å². The highest BCUT2D eigenvalue weighted by Gasteiger charge is 2.30. The van der Waals surface area contributed by atoms with Crippen molar-refractivity contribution in [2.75, 3.05) is 39.6 Å². The zero-order chi connectivity index (χ0) is 72.7. The third kappa shape index (κ3) is 74.1. The molecule has 0 aliphatic heterocycles. The summed E-state index contributed by atoms with van der Waals surface area (Å²) in [7, 11) is -9.92. The molecule has 0 rings (SSSR count). The molecule has 0 bridgehead atoms. The molecule has 99 heavy (non-hydrogen) atoms. The van der Waals surface area contributed by atoms with Crippen molar-refractivity contribution in [2.24, 2.45) is 5.92 Å². The van der Waals surface area contributed by atoms with Crippen LogP contribution in [0.2, 0.25) is 0 Å². The predicted octanol–water partition coefficient (Wildman–Crippen LogP) is 24.0. The maximum absolute atomic E-state index is 13.1. The number of aliphatic hydroxyl groups excluding tert-OH is 1. The number of unbranched alkanes of at least 4 members (excludes halogenated alkanes) is 52. The first-order chi connectivity index (χ1) is 48.0. The fourth-order valence-corrected chi connectivity index (χ4v) is 14.0. The number of esters is 4. The van der Waals surface area contributed by atoms with Gasteiger partial charge < -0.3 is 33.8 Å². The molecular weight excluding hydrogens is 1290 g/mol. The summed E-state index contributed by atoms with van der Waals surface area (Å²) in [5.41, 5.74) is 0. The molecule has 0 aliphatic rings. The molecule has 0 amide bonds. The number of aliphatic hydroxyl groups is 1. The van der Waals surface area contributed by atoms with Gasteiger partial charge in [-0.2, -0.15) is 0 Å². The average molecular weight is 1450 g/mol. The molecule has 0 saturated carbocycles. The summed E-state index contributed by atoms with van der Waals surface area (Å²) in [6.45, 7) is 7.32. The molecule has 5 atom stereocenters. The highest BCUT2D eigenvalue weighted by atomic mass is 31.2. The molecule has 0 aromatic rings. The number of ether oxygens (including phenoxy) is 4. The van der Waals surface area contributed by atoms with Gasteiger partial charge in [0.2, 0.25) is 0 Å². The Morgan fingerprint density at radius 2 is 0.465 bits per heavy atom. The summed E-state index contributed by atoms with van der Waals surface area (Å²) in [6, 6.07) is 0. The number of rotatable bonds is 80. The average Bonchev–Trinajstić information content (AvgIpc) is 1.03. The van der Waals surface area contributed by atoms with Gasteiger partial charge in [0, 0.05) is 25.7 Å². The van der Waals surface area contributed by atoms with Crippen LogP contribution in [0.25, 0.3) is 0 Å². The summed E-state index contributed by atoms with van der Waals surface area (Å²) in [5, 5.41) is 10.6. The normalized spacial score (nSPS) is 13.9. The van der Waals surface area contributed by atoms with Gasteiger partial charge in [-0.05, 0) is 31.6 Å². The van der Waals surface area contributed by atoms with Crippen molar-refractivity contribution in [1.82, 2.24) is 0 Å². The van der Waals surface area contributed by atoms with Gasteiger partial charge in [-0.1, -0.05) is 375 Å². The molecule has 0 fully saturated rings. The minimum absolute atomic E-state index is 0.108. The van der Waals surface area contributed by atoms with Crippen LogP contribution in [0.3, 0.4) is 0 Å². The Morgan fingerprint density at radius 3 is 0.687 bits per heavy atom. The first kappa shape index (κ1) is 97.1. The van der Waals surface area contributed by atoms with Gasteiger partial charge in [0.1, 0.15) is 19.3 Å². The summed E-state index contributed by atoms with van der Waals surface area (Å²) in [4.78, 5) is 73.0. The van der Waals surface area contributed by atoms with Gasteiger partial charge in [0.05, 0.1) is 26.4 Å². The molecule has 19 heteroatoms. The molecule has 0 radical (unpaired) electrons. The predicted molar refractivity (Wildman–Crippen MR) is 405 cm³/mol. The molecule has 0 heterocycles. The van der Waals surface area contributed by atoms with Crippen LogP contribution in [0.5, 0.6) is 0 Å². The van der Waals surface area contributed by atoms with Crippen LogP contribution in [0.15, 0.2) is 0 Å². The van der Waals surface area contributed by atoms with E-state index < -0.39 is 97.5 Å². The van der Waals surface area contributed by atoms with Gasteiger partial charge in [0.15, 0.2) is 12.2 Å². The minimum Gasteiger partial charge on any atom is -0.462 e.